The van der Waals surface area contributed by atoms with Gasteiger partial charge in [0.25, 0.3) is 5.91 Å². The molecule has 0 radical (unpaired) electrons. The van der Waals surface area contributed by atoms with E-state index in [0.29, 0.717) is 6.42 Å². The molecule has 19 heavy (non-hydrogen) atoms. The summed E-state index contributed by atoms with van der Waals surface area (Å²) < 4.78 is 0. The highest BCUT2D eigenvalue weighted by molar-refractivity contribution is 7.98. The molecule has 1 aliphatic rings. The summed E-state index contributed by atoms with van der Waals surface area (Å²) in [5, 5.41) is 11.5. The number of hydrogen-bond donors (Lipinski definition) is 2. The summed E-state index contributed by atoms with van der Waals surface area (Å²) in [6, 6.07) is 1.86. The number of thiophene rings is 1. The second-order valence-corrected chi connectivity index (χ2v) is 6.91. The fourth-order valence-electron chi connectivity index (χ4n) is 1.97. The van der Waals surface area contributed by atoms with Crippen molar-refractivity contribution in [3.8, 4) is 0 Å². The molecule has 1 amide bonds. The third-order valence-electron chi connectivity index (χ3n) is 3.02. The fraction of sp³-hybridized carbons (Fsp3) is 0.538. The number of nitrogens with one attached hydrogen (secondary N) is 1. The van der Waals surface area contributed by atoms with Gasteiger partial charge in [0.1, 0.15) is 0 Å². The number of carbonyl (C=O) groups is 2. The zero-order valence-corrected chi connectivity index (χ0v) is 12.4. The lowest BCUT2D eigenvalue weighted by atomic mass is 10.2. The van der Waals surface area contributed by atoms with Crippen molar-refractivity contribution < 1.29 is 14.7 Å². The van der Waals surface area contributed by atoms with Crippen molar-refractivity contribution in [3.05, 3.63) is 21.4 Å². The zero-order valence-electron chi connectivity index (χ0n) is 10.8. The number of carboxylic acids is 1. The van der Waals surface area contributed by atoms with Crippen molar-refractivity contribution in [2.24, 2.45) is 0 Å². The molecule has 0 saturated carbocycles. The molecule has 0 bridgehead atoms. The molecule has 6 heteroatoms. The lowest BCUT2D eigenvalue weighted by Crippen LogP contribution is -2.32. The standard InChI is InChI=1S/C13H17NO3S2/c1-8(2-3-12(15)16)14-13(17)11-6-9-7-18-5-4-10(9)19-11/h6,8H,2-5,7H2,1H3,(H,14,17)(H,15,16). The van der Waals surface area contributed by atoms with Gasteiger partial charge in [-0.3, -0.25) is 9.59 Å². The maximum absolute atomic E-state index is 12.1. The first kappa shape index (κ1) is 14.4. The summed E-state index contributed by atoms with van der Waals surface area (Å²) >= 11 is 3.47. The lowest BCUT2D eigenvalue weighted by Gasteiger charge is -2.11. The molecular weight excluding hydrogens is 282 g/mol. The molecule has 1 aliphatic heterocycles. The molecule has 2 heterocycles. The molecule has 1 aromatic heterocycles. The molecule has 0 spiro atoms. The van der Waals surface area contributed by atoms with Crippen LogP contribution in [0.25, 0.3) is 0 Å². The Morgan fingerprint density at radius 1 is 1.53 bits per heavy atom. The summed E-state index contributed by atoms with van der Waals surface area (Å²) in [7, 11) is 0. The van der Waals surface area contributed by atoms with Gasteiger partial charge in [0.2, 0.25) is 0 Å². The highest BCUT2D eigenvalue weighted by Gasteiger charge is 2.18. The Morgan fingerprint density at radius 3 is 3.00 bits per heavy atom. The van der Waals surface area contributed by atoms with Gasteiger partial charge in [0.15, 0.2) is 0 Å². The summed E-state index contributed by atoms with van der Waals surface area (Å²) in [5.74, 6) is 1.21. The Labute approximate surface area is 120 Å². The highest BCUT2D eigenvalue weighted by Crippen LogP contribution is 2.31. The largest absolute Gasteiger partial charge is 0.481 e. The molecule has 4 nitrogen and oxygen atoms in total. The third kappa shape index (κ3) is 3.98. The van der Waals surface area contributed by atoms with Crippen LogP contribution in [-0.4, -0.2) is 28.8 Å². The van der Waals surface area contributed by atoms with Crippen molar-refractivity contribution in [3.63, 3.8) is 0 Å². The molecule has 0 aromatic carbocycles. The molecule has 0 fully saturated rings. The van der Waals surface area contributed by atoms with E-state index in [-0.39, 0.29) is 18.4 Å². The first-order valence-electron chi connectivity index (χ1n) is 6.28. The van der Waals surface area contributed by atoms with E-state index in [4.69, 9.17) is 5.11 Å². The van der Waals surface area contributed by atoms with Crippen LogP contribution in [0.15, 0.2) is 6.07 Å². The van der Waals surface area contributed by atoms with E-state index >= 15 is 0 Å². The first-order valence-corrected chi connectivity index (χ1v) is 8.25. The van der Waals surface area contributed by atoms with Crippen molar-refractivity contribution in [2.75, 3.05) is 5.75 Å². The zero-order chi connectivity index (χ0) is 13.8. The van der Waals surface area contributed by atoms with E-state index in [1.165, 1.54) is 10.4 Å². The summed E-state index contributed by atoms with van der Waals surface area (Å²) in [6.45, 7) is 1.84. The molecule has 104 valence electrons. The Morgan fingerprint density at radius 2 is 2.32 bits per heavy atom. The smallest absolute Gasteiger partial charge is 0.303 e. The van der Waals surface area contributed by atoms with Crippen molar-refractivity contribution >= 4 is 35.0 Å². The van der Waals surface area contributed by atoms with Gasteiger partial charge in [0.05, 0.1) is 4.88 Å². The van der Waals surface area contributed by atoms with Gasteiger partial charge < -0.3 is 10.4 Å². The van der Waals surface area contributed by atoms with E-state index < -0.39 is 5.97 Å². The lowest BCUT2D eigenvalue weighted by molar-refractivity contribution is -0.137. The van der Waals surface area contributed by atoms with E-state index in [0.717, 1.165) is 22.8 Å². The van der Waals surface area contributed by atoms with Crippen LogP contribution in [0.4, 0.5) is 0 Å². The molecule has 1 atom stereocenters. The first-order chi connectivity index (χ1) is 9.06. The fourth-order valence-corrected chi connectivity index (χ4v) is 4.24. The monoisotopic (exact) mass is 299 g/mol. The van der Waals surface area contributed by atoms with E-state index in [1.54, 1.807) is 11.3 Å². The quantitative estimate of drug-likeness (QED) is 0.877. The number of carbonyl (C=O) groups excluding carboxylic acids is 1. The van der Waals surface area contributed by atoms with Crippen LogP contribution >= 0.6 is 23.1 Å². The van der Waals surface area contributed by atoms with Crippen LogP contribution in [0, 0.1) is 0 Å². The molecule has 0 aliphatic carbocycles. The molecule has 2 N–H and O–H groups in total. The van der Waals surface area contributed by atoms with Crippen molar-refractivity contribution in [1.29, 1.82) is 0 Å². The number of amides is 1. The van der Waals surface area contributed by atoms with Crippen molar-refractivity contribution in [1.82, 2.24) is 5.32 Å². The maximum atomic E-state index is 12.1. The molecule has 2 rings (SSSR count). The topological polar surface area (TPSA) is 66.4 Å². The average molecular weight is 299 g/mol. The van der Waals surface area contributed by atoms with Gasteiger partial charge in [-0.25, -0.2) is 0 Å². The van der Waals surface area contributed by atoms with Crippen LogP contribution < -0.4 is 5.32 Å². The normalized spacial score (nSPS) is 15.6. The molecule has 0 saturated heterocycles. The minimum atomic E-state index is -0.829. The minimum absolute atomic E-state index is 0.0812. The Balaban J connectivity index is 1.92. The Bertz CT molecular complexity index is 461. The maximum Gasteiger partial charge on any atom is 0.303 e. The SMILES string of the molecule is CC(CCC(=O)O)NC(=O)c1cc2c(s1)CCSC2. The number of hydrogen-bond acceptors (Lipinski definition) is 4. The number of rotatable bonds is 5. The Kier molecular flexibility index (Phi) is 4.87. The second-order valence-electron chi connectivity index (χ2n) is 4.67. The van der Waals surface area contributed by atoms with Gasteiger partial charge in [0, 0.05) is 23.1 Å². The van der Waals surface area contributed by atoms with Crippen LogP contribution in [0.1, 0.15) is 39.9 Å². The summed E-state index contributed by atoms with van der Waals surface area (Å²) in [4.78, 5) is 24.6. The summed E-state index contributed by atoms with van der Waals surface area (Å²) in [5.41, 5.74) is 1.28. The van der Waals surface area contributed by atoms with Gasteiger partial charge >= 0.3 is 5.97 Å². The van der Waals surface area contributed by atoms with Crippen LogP contribution in [-0.2, 0) is 17.0 Å². The number of fused-ring (bicyclic) bond motifs is 1. The van der Waals surface area contributed by atoms with Crippen LogP contribution in [0.3, 0.4) is 0 Å². The van der Waals surface area contributed by atoms with E-state index in [1.807, 2.05) is 24.8 Å². The number of thioether (sulfide) groups is 1. The van der Waals surface area contributed by atoms with Gasteiger partial charge in [-0.15, -0.1) is 11.3 Å². The molecular formula is C13H17NO3S2. The molecule has 1 unspecified atom stereocenters. The predicted molar refractivity (Wildman–Crippen MR) is 78.0 cm³/mol. The minimum Gasteiger partial charge on any atom is -0.481 e. The van der Waals surface area contributed by atoms with Crippen molar-refractivity contribution in [2.45, 2.75) is 38.0 Å². The Hall–Kier alpha value is -1.01. The van der Waals surface area contributed by atoms with Gasteiger partial charge in [-0.05, 0) is 37.1 Å². The van der Waals surface area contributed by atoms with Gasteiger partial charge in [-0.2, -0.15) is 11.8 Å². The van der Waals surface area contributed by atoms with Gasteiger partial charge in [-0.1, -0.05) is 0 Å². The number of carboxylic acid groups (broad SMARTS) is 1. The summed E-state index contributed by atoms with van der Waals surface area (Å²) in [6.07, 6.45) is 1.59. The second kappa shape index (κ2) is 6.43. The highest BCUT2D eigenvalue weighted by atomic mass is 32.2. The number of aryl methyl sites for hydroxylation is 1. The van der Waals surface area contributed by atoms with E-state index in [9.17, 15) is 9.59 Å². The van der Waals surface area contributed by atoms with E-state index in [2.05, 4.69) is 5.32 Å². The van der Waals surface area contributed by atoms with Crippen LogP contribution in [0.5, 0.6) is 0 Å². The molecule has 1 aromatic rings. The predicted octanol–water partition coefficient (Wildman–Crippen LogP) is 2.52. The number of aliphatic carboxylic acids is 1. The average Bonchev–Trinajstić information content (AvgIpc) is 2.80. The van der Waals surface area contributed by atoms with Crippen LogP contribution in [0.2, 0.25) is 0 Å². The third-order valence-corrected chi connectivity index (χ3v) is 5.26.